The second-order valence-corrected chi connectivity index (χ2v) is 12.0. The van der Waals surface area contributed by atoms with Gasteiger partial charge in [-0.1, -0.05) is 51.2 Å². The number of fused-ring (bicyclic) bond motifs is 1. The summed E-state index contributed by atoms with van der Waals surface area (Å²) in [4.78, 5) is 33.3. The monoisotopic (exact) mass is 554 g/mol. The van der Waals surface area contributed by atoms with Gasteiger partial charge in [-0.2, -0.15) is 0 Å². The fourth-order valence-corrected chi connectivity index (χ4v) is 5.87. The lowest BCUT2D eigenvalue weighted by atomic mass is 9.95. The predicted molar refractivity (Wildman–Crippen MR) is 152 cm³/mol. The lowest BCUT2D eigenvalue weighted by molar-refractivity contribution is -0.140. The molecule has 0 radical (unpaired) electrons. The van der Waals surface area contributed by atoms with Crippen LogP contribution >= 0.6 is 22.7 Å². The molecule has 3 aromatic rings. The second kappa shape index (κ2) is 12.1. The third-order valence-electron chi connectivity index (χ3n) is 6.06. The molecule has 9 heteroatoms. The van der Waals surface area contributed by atoms with Gasteiger partial charge in [0.15, 0.2) is 16.3 Å². The predicted octanol–water partition coefficient (Wildman–Crippen LogP) is 4.93. The number of ether oxygens (including phenoxy) is 3. The number of hydrogen-bond donors (Lipinski definition) is 0. The molecule has 0 aliphatic carbocycles. The highest BCUT2D eigenvalue weighted by molar-refractivity contribution is 7.11. The number of aromatic nitrogens is 1. The van der Waals surface area contributed by atoms with Crippen molar-refractivity contribution in [1.29, 1.82) is 0 Å². The summed E-state index contributed by atoms with van der Waals surface area (Å²) in [7, 11) is 1.58. The molecule has 38 heavy (non-hydrogen) atoms. The van der Waals surface area contributed by atoms with Crippen molar-refractivity contribution in [1.82, 2.24) is 4.57 Å². The average molecular weight is 555 g/mol. The van der Waals surface area contributed by atoms with E-state index < -0.39 is 12.0 Å². The van der Waals surface area contributed by atoms with Crippen LogP contribution in [0.3, 0.4) is 0 Å². The summed E-state index contributed by atoms with van der Waals surface area (Å²) in [6, 6.07) is 8.74. The van der Waals surface area contributed by atoms with E-state index in [1.165, 1.54) is 11.3 Å². The molecule has 0 N–H and O–H groups in total. The highest BCUT2D eigenvalue weighted by Gasteiger charge is 2.34. The summed E-state index contributed by atoms with van der Waals surface area (Å²) < 4.78 is 19.4. The number of carbonyl (C=O) groups is 1. The van der Waals surface area contributed by atoms with E-state index in [2.05, 4.69) is 18.8 Å². The molecule has 1 aromatic carbocycles. The largest absolute Gasteiger partial charge is 0.493 e. The zero-order valence-electron chi connectivity index (χ0n) is 22.6. The van der Waals surface area contributed by atoms with E-state index in [0.29, 0.717) is 50.2 Å². The van der Waals surface area contributed by atoms with Crippen LogP contribution in [0.1, 0.15) is 57.5 Å². The molecule has 202 valence electrons. The number of esters is 1. The van der Waals surface area contributed by atoms with E-state index in [0.717, 1.165) is 11.3 Å². The molecule has 3 heterocycles. The van der Waals surface area contributed by atoms with Crippen molar-refractivity contribution in [3.63, 3.8) is 0 Å². The molecule has 2 aromatic heterocycles. The van der Waals surface area contributed by atoms with Crippen LogP contribution in [-0.2, 0) is 9.53 Å². The Morgan fingerprint density at radius 2 is 1.95 bits per heavy atom. The van der Waals surface area contributed by atoms with Crippen LogP contribution in [0.2, 0.25) is 0 Å². The Morgan fingerprint density at radius 3 is 2.61 bits per heavy atom. The molecule has 0 bridgehead atoms. The maximum atomic E-state index is 13.7. The first kappa shape index (κ1) is 27.9. The molecule has 1 aliphatic heterocycles. The van der Waals surface area contributed by atoms with E-state index in [4.69, 9.17) is 14.2 Å². The van der Waals surface area contributed by atoms with Crippen molar-refractivity contribution in [3.8, 4) is 11.5 Å². The van der Waals surface area contributed by atoms with E-state index in [1.54, 1.807) is 29.9 Å². The maximum absolute atomic E-state index is 13.7. The summed E-state index contributed by atoms with van der Waals surface area (Å²) in [6.07, 6.45) is 2.79. The summed E-state index contributed by atoms with van der Waals surface area (Å²) in [5.74, 6) is 1.37. The molecule has 7 nitrogen and oxygen atoms in total. The minimum Gasteiger partial charge on any atom is -0.493 e. The molecule has 0 saturated heterocycles. The molecular weight excluding hydrogens is 520 g/mol. The average Bonchev–Trinajstić information content (AvgIpc) is 3.49. The van der Waals surface area contributed by atoms with Crippen molar-refractivity contribution < 1.29 is 19.0 Å². The molecule has 0 amide bonds. The normalized spacial score (nSPS) is 15.6. The molecule has 1 atom stereocenters. The van der Waals surface area contributed by atoms with E-state index >= 15 is 0 Å². The first-order valence-corrected chi connectivity index (χ1v) is 14.4. The molecule has 1 unspecified atom stereocenters. The van der Waals surface area contributed by atoms with Gasteiger partial charge < -0.3 is 14.2 Å². The van der Waals surface area contributed by atoms with E-state index in [9.17, 15) is 9.59 Å². The standard InChI is InChI=1S/C29H34N2O5S2/c1-17(2)11-12-35-22-10-9-20(14-23(22)34-6)26-25(28(33)36-16-18(3)4)19(5)30-29-31(26)27(32)24(38-29)15-21-8-7-13-37-21/h7-10,13-15,17-18,26H,11-12,16H2,1-6H3/b24-15-. The van der Waals surface area contributed by atoms with Gasteiger partial charge in [-0.15, -0.1) is 11.3 Å². The molecule has 0 saturated carbocycles. The number of benzene rings is 1. The minimum atomic E-state index is -0.713. The van der Waals surface area contributed by atoms with Gasteiger partial charge in [0.25, 0.3) is 5.56 Å². The van der Waals surface area contributed by atoms with Gasteiger partial charge in [0.05, 0.1) is 42.2 Å². The second-order valence-electron chi connectivity index (χ2n) is 10.0. The van der Waals surface area contributed by atoms with Crippen molar-refractivity contribution in [2.24, 2.45) is 16.8 Å². The Hall–Kier alpha value is -3.17. The number of thiazole rings is 1. The van der Waals surface area contributed by atoms with Gasteiger partial charge in [-0.05, 0) is 60.4 Å². The highest BCUT2D eigenvalue weighted by Crippen LogP contribution is 2.36. The number of allylic oxidation sites excluding steroid dienone is 1. The van der Waals surface area contributed by atoms with Crippen LogP contribution in [0.5, 0.6) is 11.5 Å². The van der Waals surface area contributed by atoms with Gasteiger partial charge in [0.2, 0.25) is 0 Å². The lowest BCUT2D eigenvalue weighted by Gasteiger charge is -2.25. The first-order valence-electron chi connectivity index (χ1n) is 12.7. The Labute approximate surface area is 230 Å². The number of hydrogen-bond acceptors (Lipinski definition) is 8. The smallest absolute Gasteiger partial charge is 0.338 e. The van der Waals surface area contributed by atoms with Gasteiger partial charge in [0.1, 0.15) is 0 Å². The molecule has 4 rings (SSSR count). The van der Waals surface area contributed by atoms with Crippen LogP contribution in [0, 0.1) is 11.8 Å². The van der Waals surface area contributed by atoms with Crippen molar-refractivity contribution in [2.75, 3.05) is 20.3 Å². The number of nitrogens with zero attached hydrogens (tertiary/aromatic N) is 2. The van der Waals surface area contributed by atoms with Crippen LogP contribution in [0.25, 0.3) is 6.08 Å². The molecule has 0 spiro atoms. The van der Waals surface area contributed by atoms with Gasteiger partial charge in [-0.3, -0.25) is 9.36 Å². The van der Waals surface area contributed by atoms with Crippen molar-refractivity contribution >= 4 is 34.7 Å². The fourth-order valence-electron chi connectivity index (χ4n) is 4.10. The summed E-state index contributed by atoms with van der Waals surface area (Å²) in [5, 5.41) is 1.97. The number of rotatable bonds is 10. The lowest BCUT2D eigenvalue weighted by Crippen LogP contribution is -2.40. The van der Waals surface area contributed by atoms with Gasteiger partial charge in [-0.25, -0.2) is 9.79 Å². The molecular formula is C29H34N2O5S2. The SMILES string of the molecule is COc1cc(C2C(C(=O)OCC(C)C)=C(C)N=c3s/c(=C\c4cccs4)c(=O)n32)ccc1OCCC(C)C. The number of methoxy groups -OCH3 is 1. The Kier molecular flexibility index (Phi) is 8.89. The summed E-state index contributed by atoms with van der Waals surface area (Å²) in [5.41, 5.74) is 1.39. The Balaban J connectivity index is 1.84. The van der Waals surface area contributed by atoms with Gasteiger partial charge in [0, 0.05) is 4.88 Å². The molecule has 0 fully saturated rings. The number of carbonyl (C=O) groups excluding carboxylic acids is 1. The zero-order valence-corrected chi connectivity index (χ0v) is 24.3. The maximum Gasteiger partial charge on any atom is 0.338 e. The van der Waals surface area contributed by atoms with Gasteiger partial charge >= 0.3 is 5.97 Å². The summed E-state index contributed by atoms with van der Waals surface area (Å²) >= 11 is 2.87. The summed E-state index contributed by atoms with van der Waals surface area (Å²) in [6.45, 7) is 10.9. The third-order valence-corrected chi connectivity index (χ3v) is 7.86. The molecule has 1 aliphatic rings. The topological polar surface area (TPSA) is 79.1 Å². The van der Waals surface area contributed by atoms with Crippen LogP contribution < -0.4 is 24.4 Å². The van der Waals surface area contributed by atoms with Crippen LogP contribution in [0.4, 0.5) is 0 Å². The highest BCUT2D eigenvalue weighted by atomic mass is 32.1. The van der Waals surface area contributed by atoms with Crippen molar-refractivity contribution in [3.05, 3.63) is 77.1 Å². The van der Waals surface area contributed by atoms with Crippen LogP contribution in [-0.4, -0.2) is 30.9 Å². The van der Waals surface area contributed by atoms with Crippen molar-refractivity contribution in [2.45, 2.75) is 47.1 Å². The van der Waals surface area contributed by atoms with E-state index in [1.807, 2.05) is 55.6 Å². The van der Waals surface area contributed by atoms with E-state index in [-0.39, 0.29) is 18.1 Å². The Bertz CT molecular complexity index is 1500. The zero-order chi connectivity index (χ0) is 27.4. The number of thiophene rings is 1. The quantitative estimate of drug-likeness (QED) is 0.332. The Morgan fingerprint density at radius 1 is 1.16 bits per heavy atom. The first-order chi connectivity index (χ1) is 18.2. The minimum absolute atomic E-state index is 0.174. The van der Waals surface area contributed by atoms with Crippen LogP contribution in [0.15, 0.2) is 56.8 Å². The fraction of sp³-hybridized carbons (Fsp3) is 0.414. The third kappa shape index (κ3) is 6.10.